The Morgan fingerprint density at radius 3 is 2.78 bits per heavy atom. The molecule has 2 heterocycles. The lowest BCUT2D eigenvalue weighted by molar-refractivity contribution is -0.143. The molecule has 6 nitrogen and oxygen atoms in total. The van der Waals surface area contributed by atoms with Gasteiger partial charge in [0.25, 0.3) is 0 Å². The molecule has 3 rings (SSSR count). The summed E-state index contributed by atoms with van der Waals surface area (Å²) in [6.45, 7) is 0.689. The van der Waals surface area contributed by atoms with Crippen LogP contribution in [0.25, 0.3) is 10.2 Å². The Hall–Kier alpha value is -2.13. The van der Waals surface area contributed by atoms with Gasteiger partial charge in [-0.25, -0.2) is 13.8 Å². The van der Waals surface area contributed by atoms with Crippen LogP contribution in [-0.4, -0.2) is 35.1 Å². The molecule has 1 aliphatic heterocycles. The molecule has 0 aliphatic carbocycles. The number of piperidine rings is 1. The van der Waals surface area contributed by atoms with E-state index in [1.807, 2.05) is 0 Å². The molecule has 1 saturated heterocycles. The monoisotopic (exact) mass is 341 g/mol. The fourth-order valence-corrected chi connectivity index (χ4v) is 3.46. The Bertz CT molecular complexity index is 780. The summed E-state index contributed by atoms with van der Waals surface area (Å²) in [4.78, 5) is 27.2. The minimum atomic E-state index is -0.951. The number of nitrogens with one attached hydrogen (secondary N) is 2. The summed E-state index contributed by atoms with van der Waals surface area (Å²) in [5.74, 6) is -3.98. The standard InChI is InChI=1S/C14H13F2N3O3S/c15-8-2-9(16)11-10(3-8)23-14(18-11)19-12(20)6-1-7(13(21)22)5-17-4-6/h2-3,6-7,17H,1,4-5H2,(H,21,22)(H,18,19,20). The number of carbonyl (C=O) groups excluding carboxylic acids is 1. The first-order valence-corrected chi connectivity index (χ1v) is 7.75. The Labute approximate surface area is 133 Å². The van der Waals surface area contributed by atoms with Crippen molar-refractivity contribution >= 4 is 38.6 Å². The molecule has 0 radical (unpaired) electrons. The Morgan fingerprint density at radius 1 is 1.30 bits per heavy atom. The van der Waals surface area contributed by atoms with Gasteiger partial charge in [0.1, 0.15) is 11.3 Å². The lowest BCUT2D eigenvalue weighted by atomic mass is 9.90. The Morgan fingerprint density at radius 2 is 2.04 bits per heavy atom. The number of carbonyl (C=O) groups is 2. The van der Waals surface area contributed by atoms with Crippen molar-refractivity contribution in [2.24, 2.45) is 11.8 Å². The van der Waals surface area contributed by atoms with Crippen LogP contribution in [0, 0.1) is 23.5 Å². The van der Waals surface area contributed by atoms with E-state index in [1.165, 1.54) is 0 Å². The molecule has 1 aliphatic rings. The van der Waals surface area contributed by atoms with Crippen LogP contribution in [0.5, 0.6) is 0 Å². The van der Waals surface area contributed by atoms with Crippen molar-refractivity contribution in [2.45, 2.75) is 6.42 Å². The zero-order valence-electron chi connectivity index (χ0n) is 11.8. The second-order valence-electron chi connectivity index (χ2n) is 5.37. The number of carboxylic acid groups (broad SMARTS) is 1. The number of halogens is 2. The molecular weight excluding hydrogens is 328 g/mol. The highest BCUT2D eigenvalue weighted by atomic mass is 32.1. The second kappa shape index (κ2) is 6.17. The smallest absolute Gasteiger partial charge is 0.307 e. The number of anilines is 1. The van der Waals surface area contributed by atoms with Gasteiger partial charge in [-0.1, -0.05) is 11.3 Å². The quantitative estimate of drug-likeness (QED) is 0.792. The maximum atomic E-state index is 13.6. The molecule has 2 unspecified atom stereocenters. The third-order valence-corrected chi connectivity index (χ3v) is 4.63. The van der Waals surface area contributed by atoms with Gasteiger partial charge in [-0.3, -0.25) is 9.59 Å². The van der Waals surface area contributed by atoms with Crippen LogP contribution in [0.4, 0.5) is 13.9 Å². The SMILES string of the molecule is O=C(O)C1CNCC(C(=O)Nc2nc3c(F)cc(F)cc3s2)C1. The van der Waals surface area contributed by atoms with Gasteiger partial charge in [0.2, 0.25) is 5.91 Å². The van der Waals surface area contributed by atoms with Gasteiger partial charge in [-0.2, -0.15) is 0 Å². The molecule has 0 spiro atoms. The van der Waals surface area contributed by atoms with Crippen molar-refractivity contribution in [1.82, 2.24) is 10.3 Å². The van der Waals surface area contributed by atoms with Crippen molar-refractivity contribution < 1.29 is 23.5 Å². The van der Waals surface area contributed by atoms with Gasteiger partial charge in [0, 0.05) is 19.2 Å². The summed E-state index contributed by atoms with van der Waals surface area (Å²) in [6.07, 6.45) is 0.224. The number of hydrogen-bond donors (Lipinski definition) is 3. The fourth-order valence-electron chi connectivity index (χ4n) is 2.55. The van der Waals surface area contributed by atoms with E-state index in [0.717, 1.165) is 23.5 Å². The summed E-state index contributed by atoms with van der Waals surface area (Å²) in [6, 6.07) is 1.88. The van der Waals surface area contributed by atoms with Crippen LogP contribution in [0.3, 0.4) is 0 Å². The van der Waals surface area contributed by atoms with Crippen LogP contribution < -0.4 is 10.6 Å². The Kier molecular flexibility index (Phi) is 4.22. The highest BCUT2D eigenvalue weighted by Crippen LogP contribution is 2.29. The first kappa shape index (κ1) is 15.8. The molecule has 122 valence electrons. The molecule has 0 bridgehead atoms. The fraction of sp³-hybridized carbons (Fsp3) is 0.357. The normalized spacial score (nSPS) is 21.3. The second-order valence-corrected chi connectivity index (χ2v) is 6.40. The van der Waals surface area contributed by atoms with E-state index in [-0.39, 0.29) is 23.0 Å². The summed E-state index contributed by atoms with van der Waals surface area (Å²) in [5, 5.41) is 14.6. The summed E-state index contributed by atoms with van der Waals surface area (Å²) in [5.41, 5.74) is -0.00289. The minimum Gasteiger partial charge on any atom is -0.481 e. The number of amides is 1. The van der Waals surface area contributed by atoms with Gasteiger partial charge >= 0.3 is 5.97 Å². The number of rotatable bonds is 3. The van der Waals surface area contributed by atoms with E-state index in [9.17, 15) is 18.4 Å². The molecule has 2 aromatic rings. The van der Waals surface area contributed by atoms with Crippen molar-refractivity contribution in [3.8, 4) is 0 Å². The zero-order chi connectivity index (χ0) is 16.6. The molecule has 9 heteroatoms. The number of benzene rings is 1. The summed E-state index contributed by atoms with van der Waals surface area (Å²) >= 11 is 0.965. The van der Waals surface area contributed by atoms with Crippen molar-refractivity contribution in [3.05, 3.63) is 23.8 Å². The van der Waals surface area contributed by atoms with E-state index in [1.54, 1.807) is 0 Å². The number of carboxylic acids is 1. The molecule has 1 fully saturated rings. The molecule has 1 aromatic heterocycles. The van der Waals surface area contributed by atoms with Crippen molar-refractivity contribution in [3.63, 3.8) is 0 Å². The first-order valence-electron chi connectivity index (χ1n) is 6.94. The maximum Gasteiger partial charge on any atom is 0.307 e. The van der Waals surface area contributed by atoms with Gasteiger partial charge in [-0.15, -0.1) is 0 Å². The molecule has 1 amide bonds. The molecule has 1 aromatic carbocycles. The Balaban J connectivity index is 1.75. The first-order chi connectivity index (χ1) is 10.9. The summed E-state index contributed by atoms with van der Waals surface area (Å²) < 4.78 is 27.1. The highest BCUT2D eigenvalue weighted by Gasteiger charge is 2.31. The third-order valence-electron chi connectivity index (χ3n) is 3.71. The van der Waals surface area contributed by atoms with E-state index >= 15 is 0 Å². The topological polar surface area (TPSA) is 91.3 Å². The van der Waals surface area contributed by atoms with Gasteiger partial charge in [-0.05, 0) is 12.5 Å². The molecule has 3 N–H and O–H groups in total. The van der Waals surface area contributed by atoms with Crippen molar-refractivity contribution in [1.29, 1.82) is 0 Å². The summed E-state index contributed by atoms with van der Waals surface area (Å²) in [7, 11) is 0. The minimum absolute atomic E-state index is 0.00289. The lowest BCUT2D eigenvalue weighted by Crippen LogP contribution is -2.44. The number of aromatic nitrogens is 1. The van der Waals surface area contributed by atoms with E-state index in [2.05, 4.69) is 15.6 Å². The van der Waals surface area contributed by atoms with E-state index in [4.69, 9.17) is 5.11 Å². The maximum absolute atomic E-state index is 13.6. The molecule has 2 atom stereocenters. The number of thiazole rings is 1. The average molecular weight is 341 g/mol. The van der Waals surface area contributed by atoms with Crippen LogP contribution in [0.2, 0.25) is 0 Å². The van der Waals surface area contributed by atoms with Crippen LogP contribution >= 0.6 is 11.3 Å². The number of aliphatic carboxylic acids is 1. The molecular formula is C14H13F2N3O3S. The largest absolute Gasteiger partial charge is 0.481 e. The third kappa shape index (κ3) is 3.30. The predicted molar refractivity (Wildman–Crippen MR) is 80.3 cm³/mol. The predicted octanol–water partition coefficient (Wildman–Crippen LogP) is 1.82. The number of nitrogens with zero attached hydrogens (tertiary/aromatic N) is 1. The van der Waals surface area contributed by atoms with Gasteiger partial charge in [0.15, 0.2) is 10.9 Å². The van der Waals surface area contributed by atoms with E-state index < -0.39 is 29.4 Å². The van der Waals surface area contributed by atoms with Gasteiger partial charge in [0.05, 0.1) is 16.5 Å². The number of fused-ring (bicyclic) bond motifs is 1. The molecule has 23 heavy (non-hydrogen) atoms. The van der Waals surface area contributed by atoms with E-state index in [0.29, 0.717) is 17.8 Å². The molecule has 0 saturated carbocycles. The lowest BCUT2D eigenvalue weighted by Gasteiger charge is -2.26. The van der Waals surface area contributed by atoms with Gasteiger partial charge < -0.3 is 15.7 Å². The van der Waals surface area contributed by atoms with Crippen molar-refractivity contribution in [2.75, 3.05) is 18.4 Å². The van der Waals surface area contributed by atoms with Crippen LogP contribution in [0.15, 0.2) is 12.1 Å². The average Bonchev–Trinajstić information content (AvgIpc) is 2.90. The number of hydrogen-bond acceptors (Lipinski definition) is 5. The zero-order valence-corrected chi connectivity index (χ0v) is 12.6. The van der Waals surface area contributed by atoms with Crippen LogP contribution in [-0.2, 0) is 9.59 Å². The highest BCUT2D eigenvalue weighted by molar-refractivity contribution is 7.22. The van der Waals surface area contributed by atoms with Crippen LogP contribution in [0.1, 0.15) is 6.42 Å².